The molecular weight excluding hydrogens is 632 g/mol. The van der Waals surface area contributed by atoms with E-state index < -0.39 is 53.8 Å². The number of rotatable bonds is 22. The summed E-state index contributed by atoms with van der Waals surface area (Å²) in [6.07, 6.45) is 3.24. The van der Waals surface area contributed by atoms with Gasteiger partial charge < -0.3 is 48.7 Å². The number of nitrogens with one attached hydrogen (secondary N) is 4. The van der Waals surface area contributed by atoms with Gasteiger partial charge in [-0.15, -0.1) is 0 Å². The van der Waals surface area contributed by atoms with Gasteiger partial charge in [-0.2, -0.15) is 0 Å². The van der Waals surface area contributed by atoms with Crippen LogP contribution in [0.2, 0.25) is 0 Å². The largest absolute Gasteiger partial charge is 0.508 e. The second kappa shape index (κ2) is 21.6. The molecule has 15 heteroatoms. The van der Waals surface area contributed by atoms with Crippen LogP contribution in [0, 0.1) is 0 Å². The Bertz CT molecular complexity index is 1380. The Balaban J connectivity index is 2.26. The summed E-state index contributed by atoms with van der Waals surface area (Å²) in [6, 6.07) is 9.78. The van der Waals surface area contributed by atoms with Crippen LogP contribution in [0.4, 0.5) is 0 Å². The van der Waals surface area contributed by atoms with Crippen LogP contribution in [-0.4, -0.2) is 83.0 Å². The van der Waals surface area contributed by atoms with Gasteiger partial charge >= 0.3 is 5.97 Å². The molecule has 2 rings (SSSR count). The molecule has 0 fully saturated rings. The summed E-state index contributed by atoms with van der Waals surface area (Å²) in [4.78, 5) is 69.6. The summed E-state index contributed by atoms with van der Waals surface area (Å²) in [5.74, 6) is -3.85. The molecule has 0 heterocycles. The van der Waals surface area contributed by atoms with Gasteiger partial charge in [0, 0.05) is 18.5 Å². The number of guanidine groups is 1. The monoisotopic (exact) mass is 682 g/mol. The quantitative estimate of drug-likeness (QED) is 0.0475. The Morgan fingerprint density at radius 2 is 1.24 bits per heavy atom. The number of nitrogens with zero attached hydrogens (tertiary/aromatic N) is 1. The first-order valence-electron chi connectivity index (χ1n) is 16.5. The molecule has 268 valence electrons. The van der Waals surface area contributed by atoms with E-state index in [4.69, 9.17) is 17.2 Å². The van der Waals surface area contributed by atoms with Gasteiger partial charge in [0.15, 0.2) is 5.96 Å². The highest BCUT2D eigenvalue weighted by Crippen LogP contribution is 2.13. The van der Waals surface area contributed by atoms with Gasteiger partial charge in [0.25, 0.3) is 5.91 Å². The number of carboxylic acid groups (broad SMARTS) is 1. The van der Waals surface area contributed by atoms with E-state index >= 15 is 0 Å². The van der Waals surface area contributed by atoms with Gasteiger partial charge in [-0.3, -0.25) is 24.2 Å². The summed E-state index contributed by atoms with van der Waals surface area (Å²) in [5, 5.41) is 30.1. The van der Waals surface area contributed by atoms with E-state index in [9.17, 15) is 34.2 Å². The number of hydrogen-bond acceptors (Lipinski definition) is 8. The van der Waals surface area contributed by atoms with Crippen molar-refractivity contribution in [1.29, 1.82) is 0 Å². The zero-order chi connectivity index (χ0) is 36.2. The number of aromatic hydroxyl groups is 1. The maximum absolute atomic E-state index is 13.7. The van der Waals surface area contributed by atoms with E-state index in [0.717, 1.165) is 6.42 Å². The van der Waals surface area contributed by atoms with E-state index in [1.54, 1.807) is 30.3 Å². The zero-order valence-corrected chi connectivity index (χ0v) is 27.9. The number of benzene rings is 2. The minimum Gasteiger partial charge on any atom is -0.508 e. The van der Waals surface area contributed by atoms with Crippen molar-refractivity contribution < 1.29 is 34.2 Å². The minimum absolute atomic E-state index is 0.00609. The molecule has 0 bridgehead atoms. The smallest absolute Gasteiger partial charge is 0.326 e. The third kappa shape index (κ3) is 15.1. The molecule has 0 saturated heterocycles. The molecule has 0 saturated carbocycles. The first-order chi connectivity index (χ1) is 23.4. The van der Waals surface area contributed by atoms with Gasteiger partial charge in [-0.05, 0) is 74.9 Å². The second-order valence-electron chi connectivity index (χ2n) is 11.7. The van der Waals surface area contributed by atoms with E-state index in [0.29, 0.717) is 43.4 Å². The summed E-state index contributed by atoms with van der Waals surface area (Å²) in [6.45, 7) is 2.46. The molecule has 0 aliphatic carbocycles. The van der Waals surface area contributed by atoms with Crippen molar-refractivity contribution in [3.05, 3.63) is 65.7 Å². The van der Waals surface area contributed by atoms with Crippen molar-refractivity contribution in [2.24, 2.45) is 22.2 Å². The van der Waals surface area contributed by atoms with E-state index in [1.165, 1.54) is 24.3 Å². The van der Waals surface area contributed by atoms with Gasteiger partial charge in [-0.25, -0.2) is 4.79 Å². The highest BCUT2D eigenvalue weighted by atomic mass is 16.4. The number of carbonyl (C=O) groups is 5. The Morgan fingerprint density at radius 3 is 1.78 bits per heavy atom. The first-order valence-corrected chi connectivity index (χ1v) is 16.5. The first kappa shape index (κ1) is 40.0. The van der Waals surface area contributed by atoms with Crippen molar-refractivity contribution in [3.8, 4) is 5.75 Å². The van der Waals surface area contributed by atoms with Gasteiger partial charge in [-0.1, -0.05) is 50.1 Å². The van der Waals surface area contributed by atoms with Crippen LogP contribution in [0.5, 0.6) is 5.75 Å². The van der Waals surface area contributed by atoms with Gasteiger partial charge in [0.05, 0.1) is 0 Å². The SMILES string of the molecule is CCCC[C@H](NC(=O)c1ccccc1)C(=O)N[C@@H](CCCCN)C(=O)N[C@@H](CCCN=C(N)N)C(=O)N[C@@H](Cc1ccc(O)cc1)C(=O)O. The van der Waals surface area contributed by atoms with E-state index in [2.05, 4.69) is 26.3 Å². The fourth-order valence-corrected chi connectivity index (χ4v) is 4.93. The lowest BCUT2D eigenvalue weighted by atomic mass is 10.0. The number of nitrogens with two attached hydrogens (primary N) is 3. The number of hydrogen-bond donors (Lipinski definition) is 9. The number of carbonyl (C=O) groups excluding carboxylic acids is 4. The Morgan fingerprint density at radius 1 is 0.714 bits per heavy atom. The Hall–Kier alpha value is -5.18. The fraction of sp³-hybridized carbons (Fsp3) is 0.471. The average Bonchev–Trinajstić information content (AvgIpc) is 3.08. The number of phenolic OH excluding ortho intramolecular Hbond substituents is 1. The third-order valence-corrected chi connectivity index (χ3v) is 7.65. The predicted octanol–water partition coefficient (Wildman–Crippen LogP) is 0.645. The normalized spacial score (nSPS) is 13.2. The number of phenols is 1. The molecule has 0 unspecified atom stereocenters. The number of aliphatic carboxylic acids is 1. The molecule has 0 aliphatic heterocycles. The number of aliphatic imine (C=N–C) groups is 1. The topological polar surface area (TPSA) is 264 Å². The molecule has 2 aromatic carbocycles. The average molecular weight is 683 g/mol. The van der Waals surface area contributed by atoms with Crippen molar-refractivity contribution in [3.63, 3.8) is 0 Å². The van der Waals surface area contributed by atoms with Crippen LogP contribution >= 0.6 is 0 Å². The molecule has 0 aliphatic rings. The molecule has 0 radical (unpaired) electrons. The summed E-state index contributed by atoms with van der Waals surface area (Å²) < 4.78 is 0. The predicted molar refractivity (Wildman–Crippen MR) is 185 cm³/mol. The van der Waals surface area contributed by atoms with Gasteiger partial charge in [0.2, 0.25) is 17.7 Å². The van der Waals surface area contributed by atoms with Crippen molar-refractivity contribution in [1.82, 2.24) is 21.3 Å². The molecular formula is C34H50N8O7. The molecule has 15 nitrogen and oxygen atoms in total. The van der Waals surface area contributed by atoms with Crippen LogP contribution in [-0.2, 0) is 25.6 Å². The molecule has 12 N–H and O–H groups in total. The zero-order valence-electron chi connectivity index (χ0n) is 27.9. The van der Waals surface area contributed by atoms with Crippen LogP contribution in [0.25, 0.3) is 0 Å². The molecule has 0 aromatic heterocycles. The molecule has 0 spiro atoms. The van der Waals surface area contributed by atoms with Crippen molar-refractivity contribution in [2.75, 3.05) is 13.1 Å². The number of amides is 4. The number of unbranched alkanes of at least 4 members (excludes halogenated alkanes) is 2. The van der Waals surface area contributed by atoms with Crippen LogP contribution in [0.3, 0.4) is 0 Å². The van der Waals surface area contributed by atoms with E-state index in [1.807, 2.05) is 6.92 Å². The lowest BCUT2D eigenvalue weighted by Crippen LogP contribution is -2.58. The van der Waals surface area contributed by atoms with E-state index in [-0.39, 0.29) is 43.9 Å². The standard InChI is InChI=1S/C34H50N8O7/c1-2-3-12-25(39-29(44)23-10-5-4-6-11-23)30(45)40-26(13-7-8-19-35)31(46)41-27(14-9-20-38-34(36)37)32(47)42-28(33(48)49)21-22-15-17-24(43)18-16-22/h4-6,10-11,15-18,25-28,43H,2-3,7-9,12-14,19-21,35H2,1H3,(H,39,44)(H,40,45)(H,41,46)(H,42,47)(H,48,49)(H4,36,37,38)/t25-,26-,27-,28-/m0/s1. The molecule has 2 aromatic rings. The summed E-state index contributed by atoms with van der Waals surface area (Å²) in [7, 11) is 0. The summed E-state index contributed by atoms with van der Waals surface area (Å²) >= 11 is 0. The highest BCUT2D eigenvalue weighted by Gasteiger charge is 2.31. The van der Waals surface area contributed by atoms with Crippen molar-refractivity contribution >= 4 is 35.6 Å². The Kier molecular flexibility index (Phi) is 17.7. The van der Waals surface area contributed by atoms with Crippen LogP contribution in [0.1, 0.15) is 74.2 Å². The minimum atomic E-state index is -1.35. The summed E-state index contributed by atoms with van der Waals surface area (Å²) in [5.41, 5.74) is 17.4. The van der Waals surface area contributed by atoms with Crippen LogP contribution in [0.15, 0.2) is 59.6 Å². The Labute approximate surface area is 286 Å². The molecule has 49 heavy (non-hydrogen) atoms. The highest BCUT2D eigenvalue weighted by molar-refractivity contribution is 5.99. The van der Waals surface area contributed by atoms with Crippen molar-refractivity contribution in [2.45, 2.75) is 88.9 Å². The maximum Gasteiger partial charge on any atom is 0.326 e. The third-order valence-electron chi connectivity index (χ3n) is 7.65. The maximum atomic E-state index is 13.7. The lowest BCUT2D eigenvalue weighted by molar-refractivity contribution is -0.142. The number of carboxylic acids is 1. The lowest BCUT2D eigenvalue weighted by Gasteiger charge is -2.26. The fourth-order valence-electron chi connectivity index (χ4n) is 4.93. The second-order valence-corrected chi connectivity index (χ2v) is 11.7. The van der Waals surface area contributed by atoms with Gasteiger partial charge in [0.1, 0.15) is 29.9 Å². The molecule has 4 amide bonds. The van der Waals surface area contributed by atoms with Crippen LogP contribution < -0.4 is 38.5 Å². The molecule has 4 atom stereocenters.